The topological polar surface area (TPSA) is 49.7 Å². The van der Waals surface area contributed by atoms with E-state index in [1.54, 1.807) is 6.07 Å². The van der Waals surface area contributed by atoms with Crippen molar-refractivity contribution in [3.63, 3.8) is 0 Å². The van der Waals surface area contributed by atoms with Crippen LogP contribution in [0.15, 0.2) is 23.4 Å². The summed E-state index contributed by atoms with van der Waals surface area (Å²) >= 11 is 0. The average molecular weight is 175 g/mol. The van der Waals surface area contributed by atoms with Gasteiger partial charge in [0.05, 0.1) is 5.71 Å². The predicted molar refractivity (Wildman–Crippen MR) is 48.5 cm³/mol. The highest BCUT2D eigenvalue weighted by Crippen LogP contribution is 2.22. The van der Waals surface area contributed by atoms with Crippen molar-refractivity contribution in [2.24, 2.45) is 5.16 Å². The first kappa shape index (κ1) is 7.98. The number of nitrogens with zero attached hydrogens (tertiary/aromatic N) is 1. The van der Waals surface area contributed by atoms with E-state index < -0.39 is 0 Å². The zero-order valence-electron chi connectivity index (χ0n) is 7.03. The van der Waals surface area contributed by atoms with Gasteiger partial charge in [-0.3, -0.25) is 4.79 Å². The molecule has 13 heavy (non-hydrogen) atoms. The molecule has 3 heteroatoms. The number of hydrogen-bond donors (Lipinski definition) is 1. The molecule has 66 valence electrons. The summed E-state index contributed by atoms with van der Waals surface area (Å²) in [5, 5.41) is 11.9. The monoisotopic (exact) mass is 175 g/mol. The molecule has 0 radical (unpaired) electrons. The lowest BCUT2D eigenvalue weighted by Gasteiger charge is -1.98. The number of oxime groups is 1. The fourth-order valence-electron chi connectivity index (χ4n) is 1.67. The summed E-state index contributed by atoms with van der Waals surface area (Å²) in [5.74, 6) is 0. The maximum Gasteiger partial charge on any atom is 0.150 e. The van der Waals surface area contributed by atoms with E-state index in [0.717, 1.165) is 30.3 Å². The van der Waals surface area contributed by atoms with Gasteiger partial charge < -0.3 is 5.21 Å². The lowest BCUT2D eigenvalue weighted by Crippen LogP contribution is -1.94. The molecule has 0 bridgehead atoms. The molecule has 1 aromatic carbocycles. The van der Waals surface area contributed by atoms with Crippen molar-refractivity contribution in [2.45, 2.75) is 12.8 Å². The predicted octanol–water partition coefficient (Wildman–Crippen LogP) is 1.62. The number of benzene rings is 1. The normalized spacial score (nSPS) is 17.4. The Bertz CT molecular complexity index is 383. The van der Waals surface area contributed by atoms with Crippen molar-refractivity contribution in [1.82, 2.24) is 0 Å². The number of carbonyl (C=O) groups is 1. The van der Waals surface area contributed by atoms with Gasteiger partial charge in [0.1, 0.15) is 6.29 Å². The van der Waals surface area contributed by atoms with Crippen LogP contribution in [0.25, 0.3) is 0 Å². The van der Waals surface area contributed by atoms with Crippen LogP contribution in [0, 0.1) is 0 Å². The summed E-state index contributed by atoms with van der Waals surface area (Å²) in [7, 11) is 0. The van der Waals surface area contributed by atoms with Gasteiger partial charge >= 0.3 is 0 Å². The van der Waals surface area contributed by atoms with E-state index >= 15 is 0 Å². The molecule has 0 aromatic heterocycles. The highest BCUT2D eigenvalue weighted by atomic mass is 16.4. The lowest BCUT2D eigenvalue weighted by molar-refractivity contribution is 0.112. The molecule has 0 amide bonds. The average Bonchev–Trinajstić information content (AvgIpc) is 2.59. The second kappa shape index (κ2) is 3.01. The Morgan fingerprint density at radius 2 is 2.23 bits per heavy atom. The summed E-state index contributed by atoms with van der Waals surface area (Å²) in [5.41, 5.74) is 3.45. The third-order valence-electron chi connectivity index (χ3n) is 2.33. The Kier molecular flexibility index (Phi) is 1.85. The number of fused-ring (bicyclic) bond motifs is 1. The molecule has 1 aliphatic carbocycles. The molecule has 0 heterocycles. The Labute approximate surface area is 75.7 Å². The summed E-state index contributed by atoms with van der Waals surface area (Å²) in [4.78, 5) is 10.5. The van der Waals surface area contributed by atoms with Gasteiger partial charge in [0, 0.05) is 11.1 Å². The second-order valence-corrected chi connectivity index (χ2v) is 3.08. The van der Waals surface area contributed by atoms with Gasteiger partial charge in [-0.2, -0.15) is 0 Å². The SMILES string of the molecule is O=Cc1ccc2c(c1)CC/C2=N\O. The molecule has 0 spiro atoms. The molecule has 0 saturated heterocycles. The fraction of sp³-hybridized carbons (Fsp3) is 0.200. The molecule has 1 aromatic rings. The van der Waals surface area contributed by atoms with Gasteiger partial charge in [0.15, 0.2) is 0 Å². The van der Waals surface area contributed by atoms with E-state index in [-0.39, 0.29) is 0 Å². The van der Waals surface area contributed by atoms with Crippen molar-refractivity contribution in [3.05, 3.63) is 34.9 Å². The molecule has 0 aliphatic heterocycles. The summed E-state index contributed by atoms with van der Waals surface area (Å²) < 4.78 is 0. The summed E-state index contributed by atoms with van der Waals surface area (Å²) in [6.45, 7) is 0. The van der Waals surface area contributed by atoms with E-state index in [9.17, 15) is 4.79 Å². The molecule has 0 saturated carbocycles. The molecule has 1 aliphatic rings. The van der Waals surface area contributed by atoms with Crippen LogP contribution >= 0.6 is 0 Å². The van der Waals surface area contributed by atoms with E-state index in [0.29, 0.717) is 11.3 Å². The Morgan fingerprint density at radius 1 is 1.38 bits per heavy atom. The minimum atomic E-state index is 0.679. The number of carbonyl (C=O) groups excluding carboxylic acids is 1. The molecule has 0 atom stereocenters. The first-order valence-corrected chi connectivity index (χ1v) is 4.14. The van der Waals surface area contributed by atoms with Crippen molar-refractivity contribution >= 4 is 12.0 Å². The van der Waals surface area contributed by atoms with E-state index in [1.807, 2.05) is 12.1 Å². The third-order valence-corrected chi connectivity index (χ3v) is 2.33. The summed E-state index contributed by atoms with van der Waals surface area (Å²) in [6, 6.07) is 5.42. The van der Waals surface area contributed by atoms with E-state index in [1.165, 1.54) is 0 Å². The van der Waals surface area contributed by atoms with Gasteiger partial charge in [-0.15, -0.1) is 0 Å². The zero-order chi connectivity index (χ0) is 9.26. The lowest BCUT2D eigenvalue weighted by atomic mass is 10.1. The zero-order valence-corrected chi connectivity index (χ0v) is 7.03. The van der Waals surface area contributed by atoms with Gasteiger partial charge in [-0.25, -0.2) is 0 Å². The molecule has 0 fully saturated rings. The van der Waals surface area contributed by atoms with E-state index in [4.69, 9.17) is 5.21 Å². The van der Waals surface area contributed by atoms with Crippen LogP contribution in [0.5, 0.6) is 0 Å². The maximum absolute atomic E-state index is 10.5. The highest BCUT2D eigenvalue weighted by Gasteiger charge is 2.17. The molecule has 1 N–H and O–H groups in total. The largest absolute Gasteiger partial charge is 0.411 e. The van der Waals surface area contributed by atoms with Crippen LogP contribution in [-0.2, 0) is 6.42 Å². The highest BCUT2D eigenvalue weighted by molar-refractivity contribution is 6.04. The van der Waals surface area contributed by atoms with E-state index in [2.05, 4.69) is 5.16 Å². The second-order valence-electron chi connectivity index (χ2n) is 3.08. The van der Waals surface area contributed by atoms with Gasteiger partial charge in [-0.1, -0.05) is 17.3 Å². The van der Waals surface area contributed by atoms with Gasteiger partial charge in [0.2, 0.25) is 0 Å². The van der Waals surface area contributed by atoms with Crippen LogP contribution in [0.4, 0.5) is 0 Å². The molecule has 3 nitrogen and oxygen atoms in total. The van der Waals surface area contributed by atoms with Crippen molar-refractivity contribution in [1.29, 1.82) is 0 Å². The van der Waals surface area contributed by atoms with Crippen LogP contribution in [0.3, 0.4) is 0 Å². The molecule has 0 unspecified atom stereocenters. The maximum atomic E-state index is 10.5. The molecule has 2 rings (SSSR count). The van der Waals surface area contributed by atoms with Crippen LogP contribution in [0.1, 0.15) is 27.9 Å². The smallest absolute Gasteiger partial charge is 0.150 e. The summed E-state index contributed by atoms with van der Waals surface area (Å²) in [6.07, 6.45) is 2.44. The molecular weight excluding hydrogens is 166 g/mol. The minimum absolute atomic E-state index is 0.679. The van der Waals surface area contributed by atoms with Crippen molar-refractivity contribution in [3.8, 4) is 0 Å². The number of hydrogen-bond acceptors (Lipinski definition) is 3. The first-order chi connectivity index (χ1) is 6.35. The number of rotatable bonds is 1. The van der Waals surface area contributed by atoms with Gasteiger partial charge in [0.25, 0.3) is 0 Å². The Morgan fingerprint density at radius 3 is 2.92 bits per heavy atom. The Hall–Kier alpha value is -1.64. The third kappa shape index (κ3) is 1.22. The van der Waals surface area contributed by atoms with Crippen LogP contribution < -0.4 is 0 Å². The fourth-order valence-corrected chi connectivity index (χ4v) is 1.67. The van der Waals surface area contributed by atoms with Crippen LogP contribution in [-0.4, -0.2) is 17.2 Å². The number of aldehydes is 1. The van der Waals surface area contributed by atoms with Crippen molar-refractivity contribution < 1.29 is 10.0 Å². The Balaban J connectivity index is 2.52. The number of aryl methyl sites for hydroxylation is 1. The standard InChI is InChI=1S/C10H9NO2/c12-6-7-1-3-9-8(5-7)2-4-10(9)11-13/h1,3,5-6,13H,2,4H2/b11-10+. The first-order valence-electron chi connectivity index (χ1n) is 4.14. The minimum Gasteiger partial charge on any atom is -0.411 e. The molecular formula is C10H9NO2. The quantitative estimate of drug-likeness (QED) is 0.400. The van der Waals surface area contributed by atoms with Crippen LogP contribution in [0.2, 0.25) is 0 Å². The van der Waals surface area contributed by atoms with Gasteiger partial charge in [-0.05, 0) is 24.5 Å². The van der Waals surface area contributed by atoms with Crippen molar-refractivity contribution in [2.75, 3.05) is 0 Å².